The molecule has 0 bridgehead atoms. The van der Waals surface area contributed by atoms with Crippen molar-refractivity contribution in [3.8, 4) is 0 Å². The highest BCUT2D eigenvalue weighted by atomic mass is 16.1. The lowest BCUT2D eigenvalue weighted by Crippen LogP contribution is -2.46. The average molecular weight is 362 g/mol. The van der Waals surface area contributed by atoms with Gasteiger partial charge in [-0.25, -0.2) is 4.98 Å². The number of nitrogens with zero attached hydrogens (tertiary/aromatic N) is 1. The van der Waals surface area contributed by atoms with Crippen LogP contribution in [0, 0.1) is 0 Å². The SMILES string of the molecule is C=Cc1cccc(C=c2[nH]c(=O)c(=Cc3nc[nH]c3C(C)(C)C)[nH]c2=O)c1. The van der Waals surface area contributed by atoms with E-state index in [2.05, 4.69) is 26.5 Å². The van der Waals surface area contributed by atoms with Gasteiger partial charge in [0.2, 0.25) is 0 Å². The summed E-state index contributed by atoms with van der Waals surface area (Å²) >= 11 is 0. The lowest BCUT2D eigenvalue weighted by atomic mass is 9.90. The van der Waals surface area contributed by atoms with Gasteiger partial charge >= 0.3 is 0 Å². The number of aromatic nitrogens is 4. The van der Waals surface area contributed by atoms with E-state index in [1.54, 1.807) is 24.6 Å². The molecular formula is C21H22N4O2. The molecule has 0 saturated carbocycles. The monoisotopic (exact) mass is 362 g/mol. The van der Waals surface area contributed by atoms with Crippen molar-refractivity contribution >= 4 is 18.2 Å². The van der Waals surface area contributed by atoms with Crippen LogP contribution in [0.25, 0.3) is 18.2 Å². The van der Waals surface area contributed by atoms with Crippen LogP contribution < -0.4 is 21.8 Å². The molecule has 3 rings (SSSR count). The summed E-state index contributed by atoms with van der Waals surface area (Å²) in [5.41, 5.74) is 2.31. The van der Waals surface area contributed by atoms with Gasteiger partial charge in [0.1, 0.15) is 10.7 Å². The number of H-pyrrole nitrogens is 3. The molecule has 27 heavy (non-hydrogen) atoms. The summed E-state index contributed by atoms with van der Waals surface area (Å²) in [7, 11) is 0. The van der Waals surface area contributed by atoms with E-state index in [4.69, 9.17) is 0 Å². The van der Waals surface area contributed by atoms with Crippen molar-refractivity contribution in [2.24, 2.45) is 0 Å². The molecule has 138 valence electrons. The van der Waals surface area contributed by atoms with Crippen molar-refractivity contribution < 1.29 is 0 Å². The summed E-state index contributed by atoms with van der Waals surface area (Å²) in [5, 5.41) is 0.353. The highest BCUT2D eigenvalue weighted by Gasteiger charge is 2.19. The third-order valence-corrected chi connectivity index (χ3v) is 4.14. The Hall–Kier alpha value is -3.41. The molecule has 6 nitrogen and oxygen atoms in total. The number of imidazole rings is 1. The molecule has 3 N–H and O–H groups in total. The van der Waals surface area contributed by atoms with Gasteiger partial charge in [-0.15, -0.1) is 0 Å². The molecule has 0 amide bonds. The molecule has 2 aromatic heterocycles. The summed E-state index contributed by atoms with van der Waals surface area (Å²) in [6, 6.07) is 7.50. The minimum absolute atomic E-state index is 0.162. The number of hydrogen-bond acceptors (Lipinski definition) is 3. The number of hydrogen-bond donors (Lipinski definition) is 3. The number of nitrogens with one attached hydrogen (secondary N) is 3. The highest BCUT2D eigenvalue weighted by molar-refractivity contribution is 5.56. The fraction of sp³-hybridized carbons (Fsp3) is 0.190. The standard InChI is InChI=1S/C21H22N4O2/c1-5-13-7-6-8-14(9-13)10-16-19(26)25-17(20(27)24-16)11-15-18(21(2,3)4)23-12-22-15/h5-12H,1H2,2-4H3,(H,22,23)(H,24,27)(H,25,26). The van der Waals surface area contributed by atoms with Crippen LogP contribution in [-0.4, -0.2) is 19.9 Å². The van der Waals surface area contributed by atoms with Crippen molar-refractivity contribution in [2.45, 2.75) is 26.2 Å². The van der Waals surface area contributed by atoms with Crippen LogP contribution in [0.3, 0.4) is 0 Å². The van der Waals surface area contributed by atoms with Gasteiger partial charge in [-0.05, 0) is 29.3 Å². The van der Waals surface area contributed by atoms with Gasteiger partial charge < -0.3 is 15.0 Å². The molecule has 0 radical (unpaired) electrons. The maximum atomic E-state index is 12.5. The van der Waals surface area contributed by atoms with E-state index in [1.165, 1.54) is 0 Å². The Kier molecular flexibility index (Phi) is 4.81. The average Bonchev–Trinajstić information content (AvgIpc) is 3.08. The second-order valence-corrected chi connectivity index (χ2v) is 7.31. The van der Waals surface area contributed by atoms with Crippen LogP contribution >= 0.6 is 0 Å². The Morgan fingerprint density at radius 1 is 1.00 bits per heavy atom. The Morgan fingerprint density at radius 2 is 1.63 bits per heavy atom. The number of benzene rings is 1. The van der Waals surface area contributed by atoms with E-state index in [0.717, 1.165) is 16.8 Å². The van der Waals surface area contributed by atoms with Crippen LogP contribution in [0.5, 0.6) is 0 Å². The Morgan fingerprint density at radius 3 is 2.26 bits per heavy atom. The van der Waals surface area contributed by atoms with Crippen molar-refractivity contribution in [1.82, 2.24) is 19.9 Å². The normalized spacial score (nSPS) is 13.1. The molecule has 0 aliphatic rings. The van der Waals surface area contributed by atoms with E-state index < -0.39 is 0 Å². The predicted molar refractivity (Wildman–Crippen MR) is 108 cm³/mol. The van der Waals surface area contributed by atoms with Crippen molar-refractivity contribution in [2.75, 3.05) is 0 Å². The second kappa shape index (κ2) is 7.07. The predicted octanol–water partition coefficient (Wildman–Crippen LogP) is 1.38. The van der Waals surface area contributed by atoms with Crippen LogP contribution in [0.15, 0.2) is 46.8 Å². The minimum atomic E-state index is -0.386. The van der Waals surface area contributed by atoms with Crippen molar-refractivity contribution in [3.63, 3.8) is 0 Å². The van der Waals surface area contributed by atoms with Gasteiger partial charge in [0.05, 0.1) is 12.0 Å². The van der Waals surface area contributed by atoms with Crippen molar-refractivity contribution in [1.29, 1.82) is 0 Å². The zero-order valence-electron chi connectivity index (χ0n) is 15.6. The molecule has 2 heterocycles. The van der Waals surface area contributed by atoms with E-state index in [1.807, 2.05) is 45.0 Å². The third-order valence-electron chi connectivity index (χ3n) is 4.14. The van der Waals surface area contributed by atoms with E-state index in [-0.39, 0.29) is 27.2 Å². The second-order valence-electron chi connectivity index (χ2n) is 7.31. The zero-order chi connectivity index (χ0) is 19.6. The van der Waals surface area contributed by atoms with Crippen LogP contribution in [-0.2, 0) is 5.41 Å². The van der Waals surface area contributed by atoms with Crippen LogP contribution in [0.2, 0.25) is 0 Å². The van der Waals surface area contributed by atoms with Gasteiger partial charge in [0, 0.05) is 11.1 Å². The lowest BCUT2D eigenvalue weighted by Gasteiger charge is -2.16. The topological polar surface area (TPSA) is 94.4 Å². The van der Waals surface area contributed by atoms with Crippen molar-refractivity contribution in [3.05, 3.63) is 91.1 Å². The maximum absolute atomic E-state index is 12.5. The molecule has 0 aliphatic carbocycles. The summed E-state index contributed by atoms with van der Waals surface area (Å²) < 4.78 is 0. The van der Waals surface area contributed by atoms with Crippen LogP contribution in [0.1, 0.15) is 43.3 Å². The molecule has 0 atom stereocenters. The Balaban J connectivity index is 2.13. The Labute approximate surface area is 156 Å². The van der Waals surface area contributed by atoms with Gasteiger partial charge in [0.25, 0.3) is 11.1 Å². The van der Waals surface area contributed by atoms with E-state index in [0.29, 0.717) is 5.69 Å². The third kappa shape index (κ3) is 4.06. The maximum Gasteiger partial charge on any atom is 0.272 e. The summed E-state index contributed by atoms with van der Waals surface area (Å²) in [6.07, 6.45) is 6.51. The van der Waals surface area contributed by atoms with E-state index >= 15 is 0 Å². The molecule has 0 aliphatic heterocycles. The molecule has 1 aromatic carbocycles. The quantitative estimate of drug-likeness (QED) is 0.657. The number of rotatable bonds is 3. The molecule has 3 aromatic rings. The summed E-state index contributed by atoms with van der Waals surface area (Å²) in [5.74, 6) is 0. The first-order valence-corrected chi connectivity index (χ1v) is 8.60. The molecule has 0 spiro atoms. The molecular weight excluding hydrogens is 340 g/mol. The fourth-order valence-electron chi connectivity index (χ4n) is 2.79. The Bertz CT molecular complexity index is 1220. The summed E-state index contributed by atoms with van der Waals surface area (Å²) in [6.45, 7) is 9.86. The molecule has 0 unspecified atom stereocenters. The first kappa shape index (κ1) is 18.4. The summed E-state index contributed by atoms with van der Waals surface area (Å²) in [4.78, 5) is 37.5. The highest BCUT2D eigenvalue weighted by Crippen LogP contribution is 2.22. The van der Waals surface area contributed by atoms with Gasteiger partial charge in [0.15, 0.2) is 0 Å². The smallest absolute Gasteiger partial charge is 0.272 e. The lowest BCUT2D eigenvalue weighted by molar-refractivity contribution is 0.571. The first-order chi connectivity index (χ1) is 12.8. The molecule has 0 saturated heterocycles. The minimum Gasteiger partial charge on any atom is -0.348 e. The number of aromatic amines is 3. The molecule has 0 fully saturated rings. The van der Waals surface area contributed by atoms with Crippen LogP contribution in [0.4, 0.5) is 0 Å². The molecule has 6 heteroatoms. The van der Waals surface area contributed by atoms with E-state index in [9.17, 15) is 9.59 Å². The van der Waals surface area contributed by atoms with Gasteiger partial charge in [-0.2, -0.15) is 0 Å². The van der Waals surface area contributed by atoms with Gasteiger partial charge in [-0.3, -0.25) is 9.59 Å². The largest absolute Gasteiger partial charge is 0.348 e. The first-order valence-electron chi connectivity index (χ1n) is 8.60. The van der Waals surface area contributed by atoms with Gasteiger partial charge in [-0.1, -0.05) is 51.6 Å². The zero-order valence-corrected chi connectivity index (χ0v) is 15.6. The fourth-order valence-corrected chi connectivity index (χ4v) is 2.79.